The van der Waals surface area contributed by atoms with Crippen LogP contribution in [0.4, 0.5) is 0 Å². The van der Waals surface area contributed by atoms with Gasteiger partial charge in [0.2, 0.25) is 0 Å². The molecule has 22 heavy (non-hydrogen) atoms. The third-order valence-electron chi connectivity index (χ3n) is 3.94. The van der Waals surface area contributed by atoms with Gasteiger partial charge in [0.15, 0.2) is 0 Å². The molecule has 1 unspecified atom stereocenters. The quantitative estimate of drug-likeness (QED) is 0.747. The SMILES string of the molecule is Cl.O=C(NCC1CCCN1)c1cc2sc3ccccc3c2s1. The second-order valence-electron chi connectivity index (χ2n) is 5.41. The van der Waals surface area contributed by atoms with Crippen LogP contribution < -0.4 is 10.6 Å². The molecular weight excluding hydrogens is 336 g/mol. The third kappa shape index (κ3) is 2.86. The molecule has 1 aliphatic heterocycles. The fourth-order valence-corrected chi connectivity index (χ4v) is 5.29. The predicted octanol–water partition coefficient (Wildman–Crippen LogP) is 4.02. The minimum atomic E-state index is 0. The van der Waals surface area contributed by atoms with Gasteiger partial charge in [-0.2, -0.15) is 0 Å². The summed E-state index contributed by atoms with van der Waals surface area (Å²) >= 11 is 3.36. The summed E-state index contributed by atoms with van der Waals surface area (Å²) in [7, 11) is 0. The number of hydrogen-bond acceptors (Lipinski definition) is 4. The molecule has 0 radical (unpaired) electrons. The summed E-state index contributed by atoms with van der Waals surface area (Å²) < 4.78 is 3.74. The number of benzene rings is 1. The maximum atomic E-state index is 12.3. The molecule has 3 nitrogen and oxygen atoms in total. The summed E-state index contributed by atoms with van der Waals surface area (Å²) in [6.07, 6.45) is 2.37. The summed E-state index contributed by atoms with van der Waals surface area (Å²) in [4.78, 5) is 13.1. The van der Waals surface area contributed by atoms with Crippen molar-refractivity contribution in [3.63, 3.8) is 0 Å². The predicted molar refractivity (Wildman–Crippen MR) is 97.8 cm³/mol. The Morgan fingerprint density at radius 3 is 2.95 bits per heavy atom. The number of fused-ring (bicyclic) bond motifs is 3. The second-order valence-corrected chi connectivity index (χ2v) is 7.54. The van der Waals surface area contributed by atoms with Crippen LogP contribution in [0.1, 0.15) is 22.5 Å². The summed E-state index contributed by atoms with van der Waals surface area (Å²) in [6, 6.07) is 10.9. The molecule has 0 aliphatic carbocycles. The van der Waals surface area contributed by atoms with Crippen LogP contribution in [0.15, 0.2) is 30.3 Å². The standard InChI is InChI=1S/C16H16N2OS2.ClH/c19-16(18-9-10-4-3-7-17-10)14-8-13-15(21-14)11-5-1-2-6-12(11)20-13;/h1-2,5-6,8,10,17H,3-4,7,9H2,(H,18,19);1H. The number of thiophene rings is 2. The highest BCUT2D eigenvalue weighted by Gasteiger charge is 2.17. The number of halogens is 1. The lowest BCUT2D eigenvalue weighted by molar-refractivity contribution is 0.0954. The molecular formula is C16H17ClN2OS2. The van der Waals surface area contributed by atoms with Crippen LogP contribution in [-0.4, -0.2) is 25.0 Å². The normalized spacial score (nSPS) is 17.7. The third-order valence-corrected chi connectivity index (χ3v) is 6.36. The van der Waals surface area contributed by atoms with Crippen LogP contribution in [0, 0.1) is 0 Å². The zero-order valence-corrected chi connectivity index (χ0v) is 14.4. The summed E-state index contributed by atoms with van der Waals surface area (Å²) in [5, 5.41) is 7.72. The van der Waals surface area contributed by atoms with E-state index in [0.717, 1.165) is 24.4 Å². The first-order valence-corrected chi connectivity index (χ1v) is 8.87. The molecule has 6 heteroatoms. The van der Waals surface area contributed by atoms with Crippen LogP contribution >= 0.6 is 35.1 Å². The van der Waals surface area contributed by atoms with Crippen molar-refractivity contribution in [2.24, 2.45) is 0 Å². The first kappa shape index (κ1) is 15.7. The van der Waals surface area contributed by atoms with Crippen molar-refractivity contribution in [1.82, 2.24) is 10.6 Å². The molecule has 3 heterocycles. The number of hydrogen-bond donors (Lipinski definition) is 2. The van der Waals surface area contributed by atoms with E-state index in [1.165, 1.54) is 25.9 Å². The van der Waals surface area contributed by atoms with Gasteiger partial charge in [-0.05, 0) is 31.5 Å². The average molecular weight is 353 g/mol. The Hall–Kier alpha value is -1.14. The lowest BCUT2D eigenvalue weighted by atomic mass is 10.2. The topological polar surface area (TPSA) is 41.1 Å². The van der Waals surface area contributed by atoms with Crippen molar-refractivity contribution in [2.75, 3.05) is 13.1 Å². The van der Waals surface area contributed by atoms with Crippen LogP contribution in [0.2, 0.25) is 0 Å². The number of amides is 1. The minimum absolute atomic E-state index is 0. The number of carbonyl (C=O) groups excluding carboxylic acids is 1. The highest BCUT2D eigenvalue weighted by molar-refractivity contribution is 7.33. The van der Waals surface area contributed by atoms with E-state index in [1.807, 2.05) is 6.07 Å². The summed E-state index contributed by atoms with van der Waals surface area (Å²) in [6.45, 7) is 1.80. The van der Waals surface area contributed by atoms with Crippen LogP contribution in [-0.2, 0) is 0 Å². The zero-order valence-electron chi connectivity index (χ0n) is 11.9. The lowest BCUT2D eigenvalue weighted by Gasteiger charge is -2.10. The fraction of sp³-hybridized carbons (Fsp3) is 0.312. The Morgan fingerprint density at radius 2 is 2.14 bits per heavy atom. The Morgan fingerprint density at radius 1 is 1.27 bits per heavy atom. The highest BCUT2D eigenvalue weighted by atomic mass is 35.5. The maximum absolute atomic E-state index is 12.3. The number of nitrogens with one attached hydrogen (secondary N) is 2. The van der Waals surface area contributed by atoms with Crippen LogP contribution in [0.25, 0.3) is 19.5 Å². The molecule has 1 aliphatic rings. The van der Waals surface area contributed by atoms with E-state index in [-0.39, 0.29) is 18.3 Å². The van der Waals surface area contributed by atoms with E-state index in [1.54, 1.807) is 22.7 Å². The van der Waals surface area contributed by atoms with Gasteiger partial charge >= 0.3 is 0 Å². The molecule has 1 aromatic carbocycles. The molecule has 1 amide bonds. The van der Waals surface area contributed by atoms with Crippen molar-refractivity contribution >= 4 is 60.5 Å². The molecule has 2 aromatic heterocycles. The van der Waals surface area contributed by atoms with Gasteiger partial charge in [-0.25, -0.2) is 0 Å². The Kier molecular flexibility index (Phi) is 4.68. The molecule has 4 rings (SSSR count). The van der Waals surface area contributed by atoms with Crippen molar-refractivity contribution < 1.29 is 4.79 Å². The average Bonchev–Trinajstić information content (AvgIpc) is 3.20. The molecule has 0 saturated carbocycles. The molecule has 0 bridgehead atoms. The summed E-state index contributed by atoms with van der Waals surface area (Å²) in [5.74, 6) is 0.0566. The first-order valence-electron chi connectivity index (χ1n) is 7.24. The van der Waals surface area contributed by atoms with Crippen LogP contribution in [0.5, 0.6) is 0 Å². The fourth-order valence-electron chi connectivity index (χ4n) is 2.85. The monoisotopic (exact) mass is 352 g/mol. The van der Waals surface area contributed by atoms with E-state index in [2.05, 4.69) is 34.9 Å². The number of rotatable bonds is 3. The molecule has 0 spiro atoms. The van der Waals surface area contributed by atoms with Gasteiger partial charge < -0.3 is 10.6 Å². The second kappa shape index (κ2) is 6.54. The van der Waals surface area contributed by atoms with E-state index in [0.29, 0.717) is 6.04 Å². The zero-order chi connectivity index (χ0) is 14.2. The minimum Gasteiger partial charge on any atom is -0.350 e. The Balaban J connectivity index is 0.00000144. The van der Waals surface area contributed by atoms with E-state index >= 15 is 0 Å². The highest BCUT2D eigenvalue weighted by Crippen LogP contribution is 2.39. The van der Waals surface area contributed by atoms with Gasteiger partial charge in [-0.1, -0.05) is 18.2 Å². The van der Waals surface area contributed by atoms with Crippen molar-refractivity contribution in [2.45, 2.75) is 18.9 Å². The largest absolute Gasteiger partial charge is 0.350 e. The van der Waals surface area contributed by atoms with Gasteiger partial charge in [-0.15, -0.1) is 35.1 Å². The van der Waals surface area contributed by atoms with Crippen molar-refractivity contribution in [3.8, 4) is 0 Å². The first-order chi connectivity index (χ1) is 10.3. The molecule has 3 aromatic rings. The van der Waals surface area contributed by atoms with E-state index in [9.17, 15) is 4.79 Å². The Labute approximate surface area is 143 Å². The van der Waals surface area contributed by atoms with E-state index in [4.69, 9.17) is 0 Å². The van der Waals surface area contributed by atoms with Gasteiger partial charge in [0.05, 0.1) is 9.58 Å². The van der Waals surface area contributed by atoms with Gasteiger partial charge in [-0.3, -0.25) is 4.79 Å². The smallest absolute Gasteiger partial charge is 0.261 e. The van der Waals surface area contributed by atoms with Gasteiger partial charge in [0, 0.05) is 27.4 Å². The molecule has 1 saturated heterocycles. The molecule has 1 atom stereocenters. The van der Waals surface area contributed by atoms with Crippen LogP contribution in [0.3, 0.4) is 0 Å². The molecule has 1 fully saturated rings. The molecule has 2 N–H and O–H groups in total. The lowest BCUT2D eigenvalue weighted by Crippen LogP contribution is -2.36. The van der Waals surface area contributed by atoms with Crippen molar-refractivity contribution in [1.29, 1.82) is 0 Å². The summed E-state index contributed by atoms with van der Waals surface area (Å²) in [5.41, 5.74) is 0. The van der Waals surface area contributed by atoms with E-state index < -0.39 is 0 Å². The van der Waals surface area contributed by atoms with Gasteiger partial charge in [0.1, 0.15) is 0 Å². The maximum Gasteiger partial charge on any atom is 0.261 e. The molecule has 116 valence electrons. The van der Waals surface area contributed by atoms with Crippen molar-refractivity contribution in [3.05, 3.63) is 35.2 Å². The Bertz CT molecular complexity index is 805. The van der Waals surface area contributed by atoms with Gasteiger partial charge in [0.25, 0.3) is 5.91 Å². The number of carbonyl (C=O) groups is 1.